The molecule has 1 unspecified atom stereocenters. The Bertz CT molecular complexity index is 1180. The molecule has 1 amide bonds. The quantitative estimate of drug-likeness (QED) is 0.488. The number of nitrogens with zero attached hydrogens (tertiary/aromatic N) is 1. The summed E-state index contributed by atoms with van der Waals surface area (Å²) in [7, 11) is 0. The summed E-state index contributed by atoms with van der Waals surface area (Å²) in [6.07, 6.45) is 1.39. The number of hydrogen-bond donors (Lipinski definition) is 1. The van der Waals surface area contributed by atoms with Crippen molar-refractivity contribution in [2.75, 3.05) is 11.5 Å². The van der Waals surface area contributed by atoms with Gasteiger partial charge in [-0.3, -0.25) is 14.5 Å². The van der Waals surface area contributed by atoms with Crippen molar-refractivity contribution in [3.05, 3.63) is 95.1 Å². The van der Waals surface area contributed by atoms with Gasteiger partial charge in [-0.05, 0) is 59.9 Å². The SMILES string of the molecule is CCOc1ccc(N2C(=O)C(O)=C(C(=O)c3ccco3)C2c2ccc(C(C)(C)C)cc2)cc1. The van der Waals surface area contributed by atoms with Crippen LogP contribution in [0.4, 0.5) is 5.69 Å². The molecule has 0 aliphatic carbocycles. The second-order valence-electron chi connectivity index (χ2n) is 8.95. The highest BCUT2D eigenvalue weighted by atomic mass is 16.5. The van der Waals surface area contributed by atoms with Crippen LogP contribution in [0.2, 0.25) is 0 Å². The van der Waals surface area contributed by atoms with Crippen molar-refractivity contribution in [3.63, 3.8) is 0 Å². The van der Waals surface area contributed by atoms with Crippen molar-refractivity contribution >= 4 is 17.4 Å². The molecule has 3 aromatic rings. The lowest BCUT2D eigenvalue weighted by Crippen LogP contribution is -2.31. The fourth-order valence-corrected chi connectivity index (χ4v) is 3.99. The average molecular weight is 446 g/mol. The van der Waals surface area contributed by atoms with E-state index in [0.29, 0.717) is 23.6 Å². The van der Waals surface area contributed by atoms with Crippen LogP contribution in [-0.4, -0.2) is 23.4 Å². The number of aliphatic hydroxyl groups excluding tert-OH is 1. The van der Waals surface area contributed by atoms with Crippen LogP contribution in [0.25, 0.3) is 0 Å². The van der Waals surface area contributed by atoms with Crippen molar-refractivity contribution in [1.82, 2.24) is 0 Å². The zero-order valence-electron chi connectivity index (χ0n) is 19.2. The van der Waals surface area contributed by atoms with Crippen LogP contribution in [0, 0.1) is 0 Å². The van der Waals surface area contributed by atoms with E-state index >= 15 is 0 Å². The summed E-state index contributed by atoms with van der Waals surface area (Å²) in [5, 5.41) is 10.8. The third-order valence-corrected chi connectivity index (χ3v) is 5.72. The van der Waals surface area contributed by atoms with Gasteiger partial charge in [0.2, 0.25) is 5.78 Å². The minimum atomic E-state index is -0.804. The number of carbonyl (C=O) groups is 2. The molecule has 33 heavy (non-hydrogen) atoms. The Morgan fingerprint density at radius 2 is 1.73 bits per heavy atom. The Balaban J connectivity index is 1.82. The van der Waals surface area contributed by atoms with Crippen LogP contribution < -0.4 is 9.64 Å². The maximum Gasteiger partial charge on any atom is 0.294 e. The molecule has 0 bridgehead atoms. The predicted molar refractivity (Wildman–Crippen MR) is 126 cm³/mol. The number of carbonyl (C=O) groups excluding carboxylic acids is 2. The van der Waals surface area contributed by atoms with Crippen LogP contribution in [0.5, 0.6) is 5.75 Å². The lowest BCUT2D eigenvalue weighted by molar-refractivity contribution is -0.117. The third kappa shape index (κ3) is 4.16. The summed E-state index contributed by atoms with van der Waals surface area (Å²) < 4.78 is 10.8. The van der Waals surface area contributed by atoms with Crippen LogP contribution in [0.3, 0.4) is 0 Å². The van der Waals surface area contributed by atoms with Crippen LogP contribution in [0.1, 0.15) is 55.4 Å². The fraction of sp³-hybridized carbons (Fsp3) is 0.259. The Labute approximate surface area is 193 Å². The molecule has 2 heterocycles. The topological polar surface area (TPSA) is 80.0 Å². The summed E-state index contributed by atoms with van der Waals surface area (Å²) in [6, 6.07) is 17.1. The van der Waals surface area contributed by atoms with E-state index in [9.17, 15) is 14.7 Å². The van der Waals surface area contributed by atoms with E-state index in [4.69, 9.17) is 9.15 Å². The summed E-state index contributed by atoms with van der Waals surface area (Å²) >= 11 is 0. The predicted octanol–water partition coefficient (Wildman–Crippen LogP) is 5.76. The van der Waals surface area contributed by atoms with Gasteiger partial charge in [-0.2, -0.15) is 0 Å². The molecule has 170 valence electrons. The Morgan fingerprint density at radius 1 is 1.06 bits per heavy atom. The first-order chi connectivity index (χ1) is 15.7. The van der Waals surface area contributed by atoms with Crippen molar-refractivity contribution in [3.8, 4) is 5.75 Å². The van der Waals surface area contributed by atoms with Crippen LogP contribution in [0.15, 0.2) is 82.7 Å². The number of ketones is 1. The standard InChI is InChI=1S/C27H27NO5/c1-5-32-20-14-12-19(13-15-20)28-23(17-8-10-18(11-9-17)27(2,3)4)22(25(30)26(28)31)24(29)21-7-6-16-33-21/h6-16,23,30H,5H2,1-4H3. The minimum absolute atomic E-state index is 0.00709. The lowest BCUT2D eigenvalue weighted by atomic mass is 9.85. The van der Waals surface area contributed by atoms with Crippen molar-refractivity contribution in [1.29, 1.82) is 0 Å². The molecule has 2 aromatic carbocycles. The normalized spacial score (nSPS) is 16.4. The fourth-order valence-electron chi connectivity index (χ4n) is 3.99. The van der Waals surface area contributed by atoms with E-state index in [1.807, 2.05) is 31.2 Å². The smallest absolute Gasteiger partial charge is 0.294 e. The lowest BCUT2D eigenvalue weighted by Gasteiger charge is -2.28. The Morgan fingerprint density at radius 3 is 2.27 bits per heavy atom. The number of hydrogen-bond acceptors (Lipinski definition) is 5. The minimum Gasteiger partial charge on any atom is -0.503 e. The van der Waals surface area contributed by atoms with E-state index in [0.717, 1.165) is 5.56 Å². The molecule has 1 atom stereocenters. The molecule has 6 nitrogen and oxygen atoms in total. The highest BCUT2D eigenvalue weighted by Crippen LogP contribution is 2.42. The van der Waals surface area contributed by atoms with Gasteiger partial charge in [0.25, 0.3) is 5.91 Å². The molecular weight excluding hydrogens is 418 g/mol. The Kier molecular flexibility index (Phi) is 5.85. The number of amides is 1. The number of furan rings is 1. The first-order valence-corrected chi connectivity index (χ1v) is 10.9. The highest BCUT2D eigenvalue weighted by molar-refractivity contribution is 6.20. The molecule has 0 fully saturated rings. The van der Waals surface area contributed by atoms with Crippen molar-refractivity contribution < 1.29 is 23.8 Å². The van der Waals surface area contributed by atoms with E-state index in [-0.39, 0.29) is 16.7 Å². The van der Waals surface area contributed by atoms with Crippen LogP contribution in [-0.2, 0) is 10.2 Å². The number of ether oxygens (including phenoxy) is 1. The van der Waals surface area contributed by atoms with E-state index in [2.05, 4.69) is 20.8 Å². The first kappa shape index (κ1) is 22.4. The summed E-state index contributed by atoms with van der Waals surface area (Å²) in [4.78, 5) is 27.9. The van der Waals surface area contributed by atoms with Gasteiger partial charge in [-0.1, -0.05) is 45.0 Å². The molecule has 0 spiro atoms. The highest BCUT2D eigenvalue weighted by Gasteiger charge is 2.45. The number of Topliss-reactive ketones (excluding diaryl/α,β-unsaturated/α-hetero) is 1. The third-order valence-electron chi connectivity index (χ3n) is 5.72. The average Bonchev–Trinajstić information content (AvgIpc) is 3.41. The molecule has 1 aliphatic rings. The maximum atomic E-state index is 13.3. The second kappa shape index (κ2) is 8.62. The summed E-state index contributed by atoms with van der Waals surface area (Å²) in [5.74, 6) is -1.00. The van der Waals surface area contributed by atoms with E-state index in [1.165, 1.54) is 17.2 Å². The molecule has 4 rings (SSSR count). The first-order valence-electron chi connectivity index (χ1n) is 10.9. The van der Waals surface area contributed by atoms with Crippen LogP contribution >= 0.6 is 0 Å². The number of aliphatic hydroxyl groups is 1. The van der Waals surface area contributed by atoms with Gasteiger partial charge in [0.15, 0.2) is 11.5 Å². The summed E-state index contributed by atoms with van der Waals surface area (Å²) in [5.41, 5.74) is 2.32. The van der Waals surface area contributed by atoms with Gasteiger partial charge in [0.1, 0.15) is 5.75 Å². The molecule has 1 aliphatic heterocycles. The monoisotopic (exact) mass is 445 g/mol. The maximum absolute atomic E-state index is 13.3. The van der Waals surface area contributed by atoms with Gasteiger partial charge in [-0.25, -0.2) is 0 Å². The van der Waals surface area contributed by atoms with Gasteiger partial charge in [0.05, 0.1) is 24.5 Å². The second-order valence-corrected chi connectivity index (χ2v) is 8.95. The molecule has 6 heteroatoms. The zero-order chi connectivity index (χ0) is 23.8. The number of anilines is 1. The number of rotatable bonds is 6. The van der Waals surface area contributed by atoms with Gasteiger partial charge >= 0.3 is 0 Å². The molecule has 0 saturated heterocycles. The molecule has 0 saturated carbocycles. The zero-order valence-corrected chi connectivity index (χ0v) is 19.2. The molecule has 1 aromatic heterocycles. The molecule has 1 N–H and O–H groups in total. The Hall–Kier alpha value is -3.80. The van der Waals surface area contributed by atoms with Gasteiger partial charge in [-0.15, -0.1) is 0 Å². The van der Waals surface area contributed by atoms with Gasteiger partial charge in [0, 0.05) is 5.69 Å². The van der Waals surface area contributed by atoms with Crippen molar-refractivity contribution in [2.45, 2.75) is 39.2 Å². The van der Waals surface area contributed by atoms with Gasteiger partial charge < -0.3 is 14.3 Å². The molecule has 0 radical (unpaired) electrons. The number of benzene rings is 2. The van der Waals surface area contributed by atoms with Crippen molar-refractivity contribution in [2.24, 2.45) is 0 Å². The van der Waals surface area contributed by atoms with E-state index in [1.54, 1.807) is 30.3 Å². The van der Waals surface area contributed by atoms with E-state index < -0.39 is 23.5 Å². The summed E-state index contributed by atoms with van der Waals surface area (Å²) in [6.45, 7) is 8.76. The molecular formula is C27H27NO5. The largest absolute Gasteiger partial charge is 0.503 e.